The molecule has 2 N–H and O–H groups in total. The summed E-state index contributed by atoms with van der Waals surface area (Å²) in [5, 5.41) is 0. The summed E-state index contributed by atoms with van der Waals surface area (Å²) in [4.78, 5) is 16.8. The molecule has 0 aromatic heterocycles. The lowest BCUT2D eigenvalue weighted by molar-refractivity contribution is 0.0596. The molecule has 0 saturated carbocycles. The first-order valence-corrected chi connectivity index (χ1v) is 9.22. The van der Waals surface area contributed by atoms with E-state index in [2.05, 4.69) is 18.7 Å². The molecule has 1 aliphatic heterocycles. The molecule has 0 aliphatic carbocycles. The van der Waals surface area contributed by atoms with Gasteiger partial charge in [-0.2, -0.15) is 0 Å². The molecule has 6 nitrogen and oxygen atoms in total. The maximum absolute atomic E-state index is 12.5. The van der Waals surface area contributed by atoms with Crippen LogP contribution < -0.4 is 5.73 Å². The second-order valence-electron chi connectivity index (χ2n) is 5.94. The Labute approximate surface area is 131 Å². The number of carbonyl (C=O) groups excluding carboxylic acids is 1. The van der Waals surface area contributed by atoms with Gasteiger partial charge in [0.15, 0.2) is 9.84 Å². The molecule has 0 atom stereocenters. The standard InChI is InChI=1S/C15H23N3O3S/c1-11(2)17-6-8-18(9-7-17)15(19)13-5-4-12(10-14(13)16)22(3,20)21/h4-5,10-11H,6-9,16H2,1-3H3. The van der Waals surface area contributed by atoms with E-state index in [0.717, 1.165) is 19.3 Å². The predicted molar refractivity (Wildman–Crippen MR) is 86.6 cm³/mol. The average molecular weight is 325 g/mol. The second-order valence-corrected chi connectivity index (χ2v) is 7.96. The van der Waals surface area contributed by atoms with Crippen molar-refractivity contribution in [3.8, 4) is 0 Å². The fourth-order valence-electron chi connectivity index (χ4n) is 2.58. The van der Waals surface area contributed by atoms with Gasteiger partial charge in [-0.1, -0.05) is 0 Å². The molecule has 1 heterocycles. The Morgan fingerprint density at radius 1 is 1.18 bits per heavy atom. The zero-order valence-electron chi connectivity index (χ0n) is 13.2. The van der Waals surface area contributed by atoms with Gasteiger partial charge in [-0.05, 0) is 32.0 Å². The largest absolute Gasteiger partial charge is 0.398 e. The lowest BCUT2D eigenvalue weighted by Crippen LogP contribution is -2.50. The third kappa shape index (κ3) is 3.59. The first-order chi connectivity index (χ1) is 10.2. The smallest absolute Gasteiger partial charge is 0.256 e. The van der Waals surface area contributed by atoms with Gasteiger partial charge in [-0.25, -0.2) is 8.42 Å². The molecule has 0 bridgehead atoms. The Balaban J connectivity index is 2.14. The van der Waals surface area contributed by atoms with E-state index in [-0.39, 0.29) is 16.5 Å². The van der Waals surface area contributed by atoms with Crippen LogP contribution in [0.25, 0.3) is 0 Å². The highest BCUT2D eigenvalue weighted by Crippen LogP contribution is 2.20. The summed E-state index contributed by atoms with van der Waals surface area (Å²) in [5.74, 6) is -0.138. The Morgan fingerprint density at radius 3 is 2.23 bits per heavy atom. The molecule has 1 fully saturated rings. The van der Waals surface area contributed by atoms with E-state index in [4.69, 9.17) is 5.73 Å². The number of anilines is 1. The normalized spacial score (nSPS) is 17.0. The highest BCUT2D eigenvalue weighted by Gasteiger charge is 2.24. The number of rotatable bonds is 3. The minimum Gasteiger partial charge on any atom is -0.398 e. The van der Waals surface area contributed by atoms with E-state index in [9.17, 15) is 13.2 Å². The second kappa shape index (κ2) is 6.26. The van der Waals surface area contributed by atoms with Gasteiger partial charge in [0.1, 0.15) is 0 Å². The van der Waals surface area contributed by atoms with Gasteiger partial charge < -0.3 is 10.6 Å². The fraction of sp³-hybridized carbons (Fsp3) is 0.533. The first kappa shape index (κ1) is 16.8. The Bertz CT molecular complexity index is 663. The Hall–Kier alpha value is -1.60. The molecule has 0 spiro atoms. The minimum atomic E-state index is -3.32. The lowest BCUT2D eigenvalue weighted by Gasteiger charge is -2.37. The van der Waals surface area contributed by atoms with E-state index in [1.807, 2.05) is 0 Å². The number of sulfone groups is 1. The van der Waals surface area contributed by atoms with Crippen molar-refractivity contribution in [3.63, 3.8) is 0 Å². The van der Waals surface area contributed by atoms with Crippen molar-refractivity contribution in [2.45, 2.75) is 24.8 Å². The number of nitrogen functional groups attached to an aromatic ring is 1. The molecule has 22 heavy (non-hydrogen) atoms. The first-order valence-electron chi connectivity index (χ1n) is 7.33. The van der Waals surface area contributed by atoms with Crippen molar-refractivity contribution in [2.75, 3.05) is 38.2 Å². The van der Waals surface area contributed by atoms with E-state index in [1.54, 1.807) is 4.90 Å². The number of benzene rings is 1. The summed E-state index contributed by atoms with van der Waals surface area (Å²) in [6.07, 6.45) is 1.12. The number of nitrogens with zero attached hydrogens (tertiary/aromatic N) is 2. The lowest BCUT2D eigenvalue weighted by atomic mass is 10.1. The summed E-state index contributed by atoms with van der Waals surface area (Å²) in [5.41, 5.74) is 6.45. The van der Waals surface area contributed by atoms with E-state index in [1.165, 1.54) is 18.2 Å². The molecule has 2 rings (SSSR count). The van der Waals surface area contributed by atoms with Crippen molar-refractivity contribution < 1.29 is 13.2 Å². The number of amides is 1. The van der Waals surface area contributed by atoms with Crippen LogP contribution in [0, 0.1) is 0 Å². The van der Waals surface area contributed by atoms with Crippen LogP contribution in [0.4, 0.5) is 5.69 Å². The maximum atomic E-state index is 12.5. The maximum Gasteiger partial charge on any atom is 0.256 e. The van der Waals surface area contributed by atoms with Crippen LogP contribution in [0.15, 0.2) is 23.1 Å². The molecule has 1 aromatic carbocycles. The van der Waals surface area contributed by atoms with Crippen molar-refractivity contribution >= 4 is 21.4 Å². The number of hydrogen-bond acceptors (Lipinski definition) is 5. The molecule has 0 radical (unpaired) electrons. The third-order valence-electron chi connectivity index (χ3n) is 4.01. The Kier molecular flexibility index (Phi) is 4.77. The summed E-state index contributed by atoms with van der Waals surface area (Å²) < 4.78 is 23.0. The van der Waals surface area contributed by atoms with Crippen molar-refractivity contribution in [2.24, 2.45) is 0 Å². The monoisotopic (exact) mass is 325 g/mol. The van der Waals surface area contributed by atoms with E-state index < -0.39 is 9.84 Å². The molecular weight excluding hydrogens is 302 g/mol. The highest BCUT2D eigenvalue weighted by atomic mass is 32.2. The Morgan fingerprint density at radius 2 is 1.77 bits per heavy atom. The van der Waals surface area contributed by atoms with E-state index >= 15 is 0 Å². The number of carbonyl (C=O) groups is 1. The van der Waals surface area contributed by atoms with E-state index in [0.29, 0.717) is 24.7 Å². The zero-order chi connectivity index (χ0) is 16.5. The van der Waals surface area contributed by atoms with Gasteiger partial charge in [-0.3, -0.25) is 9.69 Å². The van der Waals surface area contributed by atoms with Gasteiger partial charge in [0.05, 0.1) is 10.5 Å². The van der Waals surface area contributed by atoms with Crippen LogP contribution in [-0.2, 0) is 9.84 Å². The van der Waals surface area contributed by atoms with Crippen LogP contribution in [0.3, 0.4) is 0 Å². The summed E-state index contributed by atoms with van der Waals surface area (Å²) in [7, 11) is -3.32. The van der Waals surface area contributed by atoms with Crippen molar-refractivity contribution in [3.05, 3.63) is 23.8 Å². The molecule has 1 aromatic rings. The SMILES string of the molecule is CC(C)N1CCN(C(=O)c2ccc(S(C)(=O)=O)cc2N)CC1. The topological polar surface area (TPSA) is 83.7 Å². The van der Waals surface area contributed by atoms with Crippen LogP contribution in [0.2, 0.25) is 0 Å². The molecule has 1 amide bonds. The van der Waals surface area contributed by atoms with Crippen molar-refractivity contribution in [1.29, 1.82) is 0 Å². The number of hydrogen-bond donors (Lipinski definition) is 1. The number of nitrogens with two attached hydrogens (primary N) is 1. The molecular formula is C15H23N3O3S. The molecule has 0 unspecified atom stereocenters. The van der Waals surface area contributed by atoms with Crippen LogP contribution in [0.5, 0.6) is 0 Å². The molecule has 1 aliphatic rings. The zero-order valence-corrected chi connectivity index (χ0v) is 14.1. The van der Waals surface area contributed by atoms with Gasteiger partial charge in [0.2, 0.25) is 0 Å². The summed E-state index contributed by atoms with van der Waals surface area (Å²) in [6.45, 7) is 7.27. The molecule has 7 heteroatoms. The van der Waals surface area contributed by atoms with Crippen LogP contribution in [-0.4, -0.2) is 62.6 Å². The number of piperazine rings is 1. The average Bonchev–Trinajstić information content (AvgIpc) is 2.45. The highest BCUT2D eigenvalue weighted by molar-refractivity contribution is 7.90. The van der Waals surface area contributed by atoms with Gasteiger partial charge in [0, 0.05) is 44.2 Å². The minimum absolute atomic E-state index is 0.131. The third-order valence-corrected chi connectivity index (χ3v) is 5.12. The quantitative estimate of drug-likeness (QED) is 0.833. The fourth-order valence-corrected chi connectivity index (χ4v) is 3.23. The molecule has 1 saturated heterocycles. The van der Waals surface area contributed by atoms with Gasteiger partial charge in [0.25, 0.3) is 5.91 Å². The van der Waals surface area contributed by atoms with Crippen LogP contribution in [0.1, 0.15) is 24.2 Å². The summed E-state index contributed by atoms with van der Waals surface area (Å²) in [6, 6.07) is 4.76. The summed E-state index contributed by atoms with van der Waals surface area (Å²) >= 11 is 0. The molecule has 122 valence electrons. The van der Waals surface area contributed by atoms with Crippen LogP contribution >= 0.6 is 0 Å². The van der Waals surface area contributed by atoms with Gasteiger partial charge in [-0.15, -0.1) is 0 Å². The predicted octanol–water partition coefficient (Wildman–Crippen LogP) is 0.838. The van der Waals surface area contributed by atoms with Gasteiger partial charge >= 0.3 is 0 Å². The van der Waals surface area contributed by atoms with Crippen molar-refractivity contribution in [1.82, 2.24) is 9.80 Å².